The Morgan fingerprint density at radius 1 is 1.47 bits per heavy atom. The fraction of sp³-hybridized carbons (Fsp3) is 0.818. The third kappa shape index (κ3) is 2.29. The summed E-state index contributed by atoms with van der Waals surface area (Å²) in [6.07, 6.45) is 3.35. The number of carbonyl (C=O) groups excluding carboxylic acids is 1. The van der Waals surface area contributed by atoms with Crippen molar-refractivity contribution in [3.05, 3.63) is 0 Å². The molecular weight excluding hydrogens is 190 g/mol. The molecule has 0 bridgehead atoms. The van der Waals surface area contributed by atoms with Crippen LogP contribution in [0.1, 0.15) is 25.7 Å². The van der Waals surface area contributed by atoms with Crippen LogP contribution in [0.4, 0.5) is 0 Å². The third-order valence-corrected chi connectivity index (χ3v) is 3.34. The second-order valence-corrected chi connectivity index (χ2v) is 4.34. The molecule has 1 atom stereocenters. The summed E-state index contributed by atoms with van der Waals surface area (Å²) in [4.78, 5) is 15.9. The monoisotopic (exact) mass is 207 g/mol. The molecule has 2 heterocycles. The van der Waals surface area contributed by atoms with Gasteiger partial charge in [-0.3, -0.25) is 9.69 Å². The Bertz CT molecular complexity index is 284. The molecule has 1 unspecified atom stereocenters. The fourth-order valence-corrected chi connectivity index (χ4v) is 2.51. The molecule has 0 N–H and O–H groups in total. The smallest absolute Gasteiger partial charge is 0.222 e. The van der Waals surface area contributed by atoms with E-state index in [1.165, 1.54) is 0 Å². The molecular formula is C11H17N3O. The molecule has 0 aliphatic carbocycles. The van der Waals surface area contributed by atoms with Crippen LogP contribution in [0, 0.1) is 11.3 Å². The van der Waals surface area contributed by atoms with Gasteiger partial charge in [0.2, 0.25) is 5.91 Å². The number of carbonyl (C=O) groups is 1. The Morgan fingerprint density at radius 3 is 3.13 bits per heavy atom. The molecule has 0 aromatic heterocycles. The minimum atomic E-state index is 0.330. The van der Waals surface area contributed by atoms with Crippen LogP contribution in [0.25, 0.3) is 0 Å². The zero-order chi connectivity index (χ0) is 10.7. The molecule has 0 spiro atoms. The summed E-state index contributed by atoms with van der Waals surface area (Å²) >= 11 is 0. The summed E-state index contributed by atoms with van der Waals surface area (Å²) in [7, 11) is 0. The number of amides is 1. The number of nitrogens with zero attached hydrogens (tertiary/aromatic N) is 3. The van der Waals surface area contributed by atoms with Gasteiger partial charge in [0.1, 0.15) is 0 Å². The minimum Gasteiger partial charge on any atom is -0.337 e. The zero-order valence-corrected chi connectivity index (χ0v) is 8.98. The van der Waals surface area contributed by atoms with E-state index >= 15 is 0 Å². The lowest BCUT2D eigenvalue weighted by atomic mass is 10.1. The van der Waals surface area contributed by atoms with Crippen molar-refractivity contribution in [1.29, 1.82) is 5.26 Å². The zero-order valence-electron chi connectivity index (χ0n) is 8.98. The van der Waals surface area contributed by atoms with Gasteiger partial charge >= 0.3 is 0 Å². The molecule has 15 heavy (non-hydrogen) atoms. The van der Waals surface area contributed by atoms with E-state index in [-0.39, 0.29) is 0 Å². The fourth-order valence-electron chi connectivity index (χ4n) is 2.51. The average molecular weight is 207 g/mol. The molecule has 2 aliphatic rings. The van der Waals surface area contributed by atoms with Gasteiger partial charge in [0, 0.05) is 38.5 Å². The maximum Gasteiger partial charge on any atom is 0.222 e. The number of piperazine rings is 1. The number of hydrogen-bond acceptors (Lipinski definition) is 3. The van der Waals surface area contributed by atoms with Crippen LogP contribution in [0.3, 0.4) is 0 Å². The van der Waals surface area contributed by atoms with E-state index in [1.807, 2.05) is 4.90 Å². The summed E-state index contributed by atoms with van der Waals surface area (Å²) in [5, 5.41) is 8.46. The van der Waals surface area contributed by atoms with Crippen LogP contribution in [0.5, 0.6) is 0 Å². The van der Waals surface area contributed by atoms with Crippen molar-refractivity contribution in [2.75, 3.05) is 26.2 Å². The standard InChI is InChI=1S/C11H17N3O/c12-5-1-2-6-13-7-8-14-10(9-13)3-4-11(14)15/h10H,1-4,6-9H2. The van der Waals surface area contributed by atoms with E-state index in [0.717, 1.165) is 45.4 Å². The summed E-state index contributed by atoms with van der Waals surface area (Å²) in [5.41, 5.74) is 0. The van der Waals surface area contributed by atoms with Crippen LogP contribution >= 0.6 is 0 Å². The van der Waals surface area contributed by atoms with Gasteiger partial charge in [0.25, 0.3) is 0 Å². The Kier molecular flexibility index (Phi) is 3.22. The van der Waals surface area contributed by atoms with Crippen LogP contribution in [-0.2, 0) is 4.79 Å². The molecule has 0 aromatic carbocycles. The highest BCUT2D eigenvalue weighted by atomic mass is 16.2. The highest BCUT2D eigenvalue weighted by Crippen LogP contribution is 2.22. The second kappa shape index (κ2) is 4.63. The van der Waals surface area contributed by atoms with E-state index in [0.29, 0.717) is 18.4 Å². The quantitative estimate of drug-likeness (QED) is 0.637. The molecule has 2 aliphatic heterocycles. The number of unbranched alkanes of at least 4 members (excludes halogenated alkanes) is 1. The van der Waals surface area contributed by atoms with E-state index in [4.69, 9.17) is 5.26 Å². The number of fused-ring (bicyclic) bond motifs is 1. The lowest BCUT2D eigenvalue weighted by molar-refractivity contribution is -0.130. The molecule has 0 radical (unpaired) electrons. The van der Waals surface area contributed by atoms with Gasteiger partial charge in [-0.15, -0.1) is 0 Å². The highest BCUT2D eigenvalue weighted by molar-refractivity contribution is 5.78. The van der Waals surface area contributed by atoms with E-state index in [9.17, 15) is 4.79 Å². The first-order valence-electron chi connectivity index (χ1n) is 5.70. The molecule has 82 valence electrons. The third-order valence-electron chi connectivity index (χ3n) is 3.34. The van der Waals surface area contributed by atoms with Gasteiger partial charge in [0.05, 0.1) is 6.07 Å². The first kappa shape index (κ1) is 10.4. The molecule has 0 saturated carbocycles. The van der Waals surface area contributed by atoms with Crippen molar-refractivity contribution >= 4 is 5.91 Å². The summed E-state index contributed by atoms with van der Waals surface area (Å²) in [6, 6.07) is 2.62. The molecule has 2 rings (SSSR count). The average Bonchev–Trinajstić information content (AvgIpc) is 2.61. The SMILES string of the molecule is N#CCCCN1CCN2C(=O)CCC2C1. The Morgan fingerprint density at radius 2 is 2.33 bits per heavy atom. The number of hydrogen-bond donors (Lipinski definition) is 0. The lowest BCUT2D eigenvalue weighted by Gasteiger charge is -2.37. The first-order chi connectivity index (χ1) is 7.31. The first-order valence-corrected chi connectivity index (χ1v) is 5.70. The topological polar surface area (TPSA) is 47.3 Å². The lowest BCUT2D eigenvalue weighted by Crippen LogP contribution is -2.51. The van der Waals surface area contributed by atoms with Gasteiger partial charge in [-0.25, -0.2) is 0 Å². The summed E-state index contributed by atoms with van der Waals surface area (Å²) in [5.74, 6) is 0.330. The van der Waals surface area contributed by atoms with Crippen LogP contribution < -0.4 is 0 Å². The van der Waals surface area contributed by atoms with Crippen molar-refractivity contribution in [3.8, 4) is 6.07 Å². The summed E-state index contributed by atoms with van der Waals surface area (Å²) < 4.78 is 0. The normalized spacial score (nSPS) is 26.5. The number of nitriles is 1. The maximum absolute atomic E-state index is 11.4. The Balaban J connectivity index is 1.78. The summed E-state index contributed by atoms with van der Waals surface area (Å²) in [6.45, 7) is 3.88. The van der Waals surface area contributed by atoms with Crippen LogP contribution in [0.2, 0.25) is 0 Å². The largest absolute Gasteiger partial charge is 0.337 e. The van der Waals surface area contributed by atoms with E-state index in [2.05, 4.69) is 11.0 Å². The van der Waals surface area contributed by atoms with Crippen molar-refractivity contribution in [2.24, 2.45) is 0 Å². The second-order valence-electron chi connectivity index (χ2n) is 4.34. The van der Waals surface area contributed by atoms with Crippen molar-refractivity contribution in [3.63, 3.8) is 0 Å². The molecule has 2 fully saturated rings. The minimum absolute atomic E-state index is 0.330. The molecule has 1 amide bonds. The number of rotatable bonds is 3. The van der Waals surface area contributed by atoms with Crippen molar-refractivity contribution in [2.45, 2.75) is 31.7 Å². The predicted octanol–water partition coefficient (Wildman–Crippen LogP) is 0.597. The Hall–Kier alpha value is -1.08. The van der Waals surface area contributed by atoms with Gasteiger partial charge in [-0.1, -0.05) is 0 Å². The van der Waals surface area contributed by atoms with E-state index in [1.54, 1.807) is 0 Å². The van der Waals surface area contributed by atoms with E-state index < -0.39 is 0 Å². The molecule has 0 aromatic rings. The molecule has 2 saturated heterocycles. The highest BCUT2D eigenvalue weighted by Gasteiger charge is 2.34. The van der Waals surface area contributed by atoms with Gasteiger partial charge in [-0.05, 0) is 19.4 Å². The predicted molar refractivity (Wildman–Crippen MR) is 56.0 cm³/mol. The van der Waals surface area contributed by atoms with Crippen molar-refractivity contribution < 1.29 is 4.79 Å². The molecule has 4 nitrogen and oxygen atoms in total. The van der Waals surface area contributed by atoms with Gasteiger partial charge in [0.15, 0.2) is 0 Å². The van der Waals surface area contributed by atoms with Gasteiger partial charge in [-0.2, -0.15) is 5.26 Å². The van der Waals surface area contributed by atoms with Crippen LogP contribution in [0.15, 0.2) is 0 Å². The van der Waals surface area contributed by atoms with Gasteiger partial charge < -0.3 is 4.90 Å². The maximum atomic E-state index is 11.4. The van der Waals surface area contributed by atoms with Crippen molar-refractivity contribution in [1.82, 2.24) is 9.80 Å². The van der Waals surface area contributed by atoms with Crippen LogP contribution in [-0.4, -0.2) is 47.9 Å². The Labute approximate surface area is 90.5 Å². The molecule has 4 heteroatoms.